The number of rotatable bonds is 2. The summed E-state index contributed by atoms with van der Waals surface area (Å²) in [6.45, 7) is 2.96. The third-order valence-electron chi connectivity index (χ3n) is 1.28. The van der Waals surface area contributed by atoms with Gasteiger partial charge in [-0.05, 0) is 6.42 Å². The van der Waals surface area contributed by atoms with E-state index in [4.69, 9.17) is 0 Å². The van der Waals surface area contributed by atoms with Gasteiger partial charge in [-0.25, -0.2) is 0 Å². The van der Waals surface area contributed by atoms with Gasteiger partial charge in [0.1, 0.15) is 0 Å². The maximum atomic E-state index is 11.6. The van der Waals surface area contributed by atoms with E-state index in [1.165, 1.54) is 6.92 Å². The van der Waals surface area contributed by atoms with Crippen LogP contribution in [0.5, 0.6) is 0 Å². The first-order valence-corrected chi connectivity index (χ1v) is 3.05. The van der Waals surface area contributed by atoms with Crippen LogP contribution >= 0.6 is 0 Å². The molecule has 0 bridgehead atoms. The van der Waals surface area contributed by atoms with Gasteiger partial charge in [-0.1, -0.05) is 20.3 Å². The first-order valence-electron chi connectivity index (χ1n) is 3.05. The standard InChI is InChI=1S/C6H11F3/c1-3-4-5(2)6(7,8)9/h5H,3-4H2,1-2H3/t5-/m1/s1. The van der Waals surface area contributed by atoms with Crippen molar-refractivity contribution < 1.29 is 13.2 Å². The molecule has 0 heterocycles. The van der Waals surface area contributed by atoms with E-state index in [0.29, 0.717) is 6.42 Å². The molecule has 0 amide bonds. The molecule has 1 atom stereocenters. The molecule has 0 aliphatic carbocycles. The lowest BCUT2D eigenvalue weighted by atomic mass is 10.1. The van der Waals surface area contributed by atoms with Crippen molar-refractivity contribution in [3.63, 3.8) is 0 Å². The molecule has 56 valence electrons. The SMILES string of the molecule is CCC[C@@H](C)C(F)(F)F. The highest BCUT2D eigenvalue weighted by molar-refractivity contribution is 4.60. The zero-order valence-corrected chi connectivity index (χ0v) is 5.63. The zero-order chi connectivity index (χ0) is 7.49. The second kappa shape index (κ2) is 3.08. The summed E-state index contributed by atoms with van der Waals surface area (Å²) in [4.78, 5) is 0. The van der Waals surface area contributed by atoms with E-state index in [0.717, 1.165) is 0 Å². The van der Waals surface area contributed by atoms with Crippen molar-refractivity contribution in [3.8, 4) is 0 Å². The van der Waals surface area contributed by atoms with E-state index in [1.807, 2.05) is 0 Å². The largest absolute Gasteiger partial charge is 0.391 e. The summed E-state index contributed by atoms with van der Waals surface area (Å²) < 4.78 is 34.9. The quantitative estimate of drug-likeness (QED) is 0.553. The maximum Gasteiger partial charge on any atom is 0.391 e. The number of hydrogen-bond acceptors (Lipinski definition) is 0. The lowest BCUT2D eigenvalue weighted by molar-refractivity contribution is -0.171. The van der Waals surface area contributed by atoms with Gasteiger partial charge in [0.25, 0.3) is 0 Å². The van der Waals surface area contributed by atoms with Crippen molar-refractivity contribution in [1.29, 1.82) is 0 Å². The van der Waals surface area contributed by atoms with E-state index in [1.54, 1.807) is 6.92 Å². The Kier molecular flexibility index (Phi) is 3.01. The second-order valence-electron chi connectivity index (χ2n) is 2.23. The number of halogens is 3. The molecule has 0 aliphatic heterocycles. The minimum Gasteiger partial charge on any atom is -0.171 e. The van der Waals surface area contributed by atoms with Crippen molar-refractivity contribution >= 4 is 0 Å². The van der Waals surface area contributed by atoms with Crippen molar-refractivity contribution in [1.82, 2.24) is 0 Å². The van der Waals surface area contributed by atoms with Gasteiger partial charge in [0.15, 0.2) is 0 Å². The smallest absolute Gasteiger partial charge is 0.171 e. The molecule has 0 aromatic heterocycles. The molecule has 0 aliphatic rings. The summed E-state index contributed by atoms with van der Waals surface area (Å²) in [5.74, 6) is -1.14. The van der Waals surface area contributed by atoms with Crippen LogP contribution in [0.2, 0.25) is 0 Å². The average molecular weight is 140 g/mol. The lowest BCUT2D eigenvalue weighted by Crippen LogP contribution is -2.19. The Hall–Kier alpha value is -0.210. The molecular formula is C6H11F3. The van der Waals surface area contributed by atoms with E-state index < -0.39 is 12.1 Å². The summed E-state index contributed by atoms with van der Waals surface area (Å²) in [7, 11) is 0. The molecule has 0 aromatic rings. The first kappa shape index (κ1) is 8.79. The Morgan fingerprint density at radius 2 is 1.78 bits per heavy atom. The maximum absolute atomic E-state index is 11.6. The van der Waals surface area contributed by atoms with Crippen molar-refractivity contribution in [2.45, 2.75) is 32.9 Å². The van der Waals surface area contributed by atoms with E-state index >= 15 is 0 Å². The van der Waals surface area contributed by atoms with Gasteiger partial charge in [-0.15, -0.1) is 0 Å². The molecule has 0 radical (unpaired) electrons. The van der Waals surface area contributed by atoms with Gasteiger partial charge < -0.3 is 0 Å². The molecule has 0 nitrogen and oxygen atoms in total. The summed E-state index contributed by atoms with van der Waals surface area (Å²) in [5, 5.41) is 0. The topological polar surface area (TPSA) is 0 Å². The normalized spacial score (nSPS) is 15.7. The molecule has 0 rings (SSSR count). The molecular weight excluding hydrogens is 129 g/mol. The molecule has 0 saturated heterocycles. The third kappa shape index (κ3) is 3.38. The monoisotopic (exact) mass is 140 g/mol. The summed E-state index contributed by atoms with van der Waals surface area (Å²) >= 11 is 0. The first-order chi connectivity index (χ1) is 3.98. The summed E-state index contributed by atoms with van der Waals surface area (Å²) in [6.07, 6.45) is -3.15. The van der Waals surface area contributed by atoms with Crippen molar-refractivity contribution in [2.24, 2.45) is 5.92 Å². The van der Waals surface area contributed by atoms with E-state index in [9.17, 15) is 13.2 Å². The fourth-order valence-electron chi connectivity index (χ4n) is 0.597. The number of alkyl halides is 3. The fraction of sp³-hybridized carbons (Fsp3) is 1.00. The van der Waals surface area contributed by atoms with Gasteiger partial charge in [0.05, 0.1) is 5.92 Å². The minimum absolute atomic E-state index is 0.240. The molecule has 9 heavy (non-hydrogen) atoms. The molecule has 0 unspecified atom stereocenters. The Morgan fingerprint density at radius 3 is 1.89 bits per heavy atom. The highest BCUT2D eigenvalue weighted by Crippen LogP contribution is 2.28. The average Bonchev–Trinajstić information content (AvgIpc) is 1.64. The van der Waals surface area contributed by atoms with Gasteiger partial charge in [-0.2, -0.15) is 13.2 Å². The van der Waals surface area contributed by atoms with Crippen molar-refractivity contribution in [2.75, 3.05) is 0 Å². The van der Waals surface area contributed by atoms with Crippen molar-refractivity contribution in [3.05, 3.63) is 0 Å². The van der Waals surface area contributed by atoms with Crippen LogP contribution in [0.3, 0.4) is 0 Å². The Morgan fingerprint density at radius 1 is 1.33 bits per heavy atom. The third-order valence-corrected chi connectivity index (χ3v) is 1.28. The second-order valence-corrected chi connectivity index (χ2v) is 2.23. The van der Waals surface area contributed by atoms with Crippen LogP contribution in [0.1, 0.15) is 26.7 Å². The van der Waals surface area contributed by atoms with Crippen LogP contribution in [0, 0.1) is 5.92 Å². The van der Waals surface area contributed by atoms with E-state index in [2.05, 4.69) is 0 Å². The van der Waals surface area contributed by atoms with Gasteiger partial charge in [-0.3, -0.25) is 0 Å². The summed E-state index contributed by atoms with van der Waals surface area (Å²) in [6, 6.07) is 0. The highest BCUT2D eigenvalue weighted by Gasteiger charge is 2.34. The van der Waals surface area contributed by atoms with Crippen LogP contribution in [-0.2, 0) is 0 Å². The molecule has 3 heteroatoms. The van der Waals surface area contributed by atoms with Crippen LogP contribution in [0.25, 0.3) is 0 Å². The van der Waals surface area contributed by atoms with Crippen LogP contribution in [-0.4, -0.2) is 6.18 Å². The predicted octanol–water partition coefficient (Wildman–Crippen LogP) is 2.98. The van der Waals surface area contributed by atoms with Gasteiger partial charge >= 0.3 is 6.18 Å². The van der Waals surface area contributed by atoms with Crippen LogP contribution in [0.4, 0.5) is 13.2 Å². The van der Waals surface area contributed by atoms with Gasteiger partial charge in [0.2, 0.25) is 0 Å². The fourth-order valence-corrected chi connectivity index (χ4v) is 0.597. The molecule has 0 fully saturated rings. The van der Waals surface area contributed by atoms with Crippen LogP contribution < -0.4 is 0 Å². The molecule has 0 N–H and O–H groups in total. The highest BCUT2D eigenvalue weighted by atomic mass is 19.4. The Balaban J connectivity index is 3.59. The summed E-state index contributed by atoms with van der Waals surface area (Å²) in [5.41, 5.74) is 0. The lowest BCUT2D eigenvalue weighted by Gasteiger charge is -2.13. The Bertz CT molecular complexity index is 74.9. The Labute approximate surface area is 53.1 Å². The number of hydrogen-bond donors (Lipinski definition) is 0. The molecule has 0 spiro atoms. The predicted molar refractivity (Wildman–Crippen MR) is 30.1 cm³/mol. The molecule has 0 aromatic carbocycles. The minimum atomic E-state index is -3.99. The van der Waals surface area contributed by atoms with E-state index in [-0.39, 0.29) is 6.42 Å². The zero-order valence-electron chi connectivity index (χ0n) is 5.63. The van der Waals surface area contributed by atoms with Gasteiger partial charge in [0, 0.05) is 0 Å². The molecule has 0 saturated carbocycles. The van der Waals surface area contributed by atoms with Crippen LogP contribution in [0.15, 0.2) is 0 Å².